The first-order valence-electron chi connectivity index (χ1n) is 11.5. The second-order valence-corrected chi connectivity index (χ2v) is 7.33. The summed E-state index contributed by atoms with van der Waals surface area (Å²) in [6.45, 7) is 22.5. The van der Waals surface area contributed by atoms with Crippen molar-refractivity contribution in [1.82, 2.24) is 5.32 Å². The molecule has 0 aliphatic heterocycles. The van der Waals surface area contributed by atoms with Gasteiger partial charge < -0.3 is 16.2 Å². The van der Waals surface area contributed by atoms with Crippen LogP contribution in [-0.4, -0.2) is 18.8 Å². The van der Waals surface area contributed by atoms with Crippen molar-refractivity contribution in [3.63, 3.8) is 0 Å². The molecule has 0 heterocycles. The number of aliphatic hydroxyl groups excluding tert-OH is 1. The van der Waals surface area contributed by atoms with E-state index in [1.807, 2.05) is 33.8 Å². The molecule has 0 atom stereocenters. The Morgan fingerprint density at radius 1 is 1.00 bits per heavy atom. The molecule has 3 nitrogen and oxygen atoms in total. The van der Waals surface area contributed by atoms with Crippen molar-refractivity contribution < 1.29 is 5.11 Å². The molecule has 0 fully saturated rings. The quantitative estimate of drug-likeness (QED) is 0.311. The molecule has 0 aromatic heterocycles. The van der Waals surface area contributed by atoms with E-state index in [1.165, 1.54) is 22.3 Å². The zero-order chi connectivity index (χ0) is 25.8. The molecule has 0 saturated heterocycles. The topological polar surface area (TPSA) is 58.3 Å². The third-order valence-corrected chi connectivity index (χ3v) is 4.60. The Balaban J connectivity index is 0. The molecule has 0 spiro atoms. The maximum absolute atomic E-state index is 7.00. The second-order valence-electron chi connectivity index (χ2n) is 7.33. The molecular weight excluding hydrogens is 404 g/mol. The van der Waals surface area contributed by atoms with Crippen molar-refractivity contribution in [3.05, 3.63) is 113 Å². The average molecular weight is 451 g/mol. The fraction of sp³-hybridized carbons (Fsp3) is 0.333. The van der Waals surface area contributed by atoms with E-state index in [9.17, 15) is 0 Å². The normalized spacial score (nSPS) is 10.6. The summed E-state index contributed by atoms with van der Waals surface area (Å²) in [5, 5.41) is 10.4. The van der Waals surface area contributed by atoms with E-state index >= 15 is 0 Å². The van der Waals surface area contributed by atoms with Crippen molar-refractivity contribution in [2.24, 2.45) is 5.73 Å². The van der Waals surface area contributed by atoms with E-state index in [-0.39, 0.29) is 0 Å². The lowest BCUT2D eigenvalue weighted by molar-refractivity contribution is 0.399. The van der Waals surface area contributed by atoms with Gasteiger partial charge in [0.25, 0.3) is 0 Å². The fourth-order valence-corrected chi connectivity index (χ4v) is 2.73. The molecule has 3 heteroatoms. The number of hydrogen-bond donors (Lipinski definition) is 3. The molecule has 0 aliphatic rings. The summed E-state index contributed by atoms with van der Waals surface area (Å²) in [7, 11) is 1.00. The SMILES string of the molecule is C=C(NCCc1ccc(C)cc1)/C(C)=C(N)/C=C(\C)c1cccc(C)c1.C=CC.CC.CO. The molecule has 0 amide bonds. The number of nitrogens with one attached hydrogen (secondary N) is 1. The third kappa shape index (κ3) is 13.9. The standard InChI is InChI=1S/C24H30N2.C3H6.C2H6.CH4O/c1-17-9-11-22(12-10-17)13-14-26-21(5)20(4)24(25)16-19(3)23-8-6-7-18(2)15-23;1-3-2;2*1-2/h6-12,15-16,26H,5,13-14,25H2,1-4H3;3H,1H2,2H3;1-2H3;2H,1H3/b19-16+,24-20-;;;. The lowest BCUT2D eigenvalue weighted by atomic mass is 10.0. The number of nitrogens with two attached hydrogens (primary N) is 1. The van der Waals surface area contributed by atoms with Crippen molar-refractivity contribution in [2.45, 2.75) is 54.9 Å². The van der Waals surface area contributed by atoms with Crippen LogP contribution in [0.25, 0.3) is 5.57 Å². The summed E-state index contributed by atoms with van der Waals surface area (Å²) in [6.07, 6.45) is 4.74. The predicted molar refractivity (Wildman–Crippen MR) is 149 cm³/mol. The van der Waals surface area contributed by atoms with Gasteiger partial charge in [-0.2, -0.15) is 0 Å². The molecule has 0 unspecified atom stereocenters. The maximum atomic E-state index is 7.00. The van der Waals surface area contributed by atoms with Gasteiger partial charge in [0, 0.05) is 25.0 Å². The van der Waals surface area contributed by atoms with Gasteiger partial charge in [0.2, 0.25) is 0 Å². The molecule has 0 saturated carbocycles. The van der Waals surface area contributed by atoms with Crippen LogP contribution in [0.3, 0.4) is 0 Å². The van der Waals surface area contributed by atoms with Gasteiger partial charge in [0.15, 0.2) is 0 Å². The number of benzene rings is 2. The lowest BCUT2D eigenvalue weighted by Crippen LogP contribution is -2.18. The van der Waals surface area contributed by atoms with Crippen LogP contribution in [0.2, 0.25) is 0 Å². The van der Waals surface area contributed by atoms with Crippen molar-refractivity contribution >= 4 is 5.57 Å². The van der Waals surface area contributed by atoms with E-state index in [0.29, 0.717) is 0 Å². The molecule has 182 valence electrons. The van der Waals surface area contributed by atoms with Gasteiger partial charge in [-0.15, -0.1) is 6.58 Å². The van der Waals surface area contributed by atoms with Crippen LogP contribution in [0.4, 0.5) is 0 Å². The highest BCUT2D eigenvalue weighted by molar-refractivity contribution is 5.67. The summed E-state index contributed by atoms with van der Waals surface area (Å²) in [6, 6.07) is 17.1. The first-order chi connectivity index (χ1) is 15.8. The number of rotatable bonds is 7. The summed E-state index contributed by atoms with van der Waals surface area (Å²) >= 11 is 0. The van der Waals surface area contributed by atoms with Crippen LogP contribution in [0.15, 0.2) is 90.8 Å². The van der Waals surface area contributed by atoms with Gasteiger partial charge in [0.1, 0.15) is 0 Å². The van der Waals surface area contributed by atoms with Gasteiger partial charge in [-0.3, -0.25) is 0 Å². The Bertz CT molecular complexity index is 874. The molecule has 33 heavy (non-hydrogen) atoms. The van der Waals surface area contributed by atoms with Crippen LogP contribution in [0.1, 0.15) is 56.9 Å². The molecular formula is C30H46N2O. The molecule has 4 N–H and O–H groups in total. The monoisotopic (exact) mass is 450 g/mol. The Labute approximate surface area is 203 Å². The largest absolute Gasteiger partial charge is 0.400 e. The summed E-state index contributed by atoms with van der Waals surface area (Å²) in [4.78, 5) is 0. The highest BCUT2D eigenvalue weighted by Gasteiger charge is 2.03. The van der Waals surface area contributed by atoms with Gasteiger partial charge in [-0.25, -0.2) is 0 Å². The van der Waals surface area contributed by atoms with E-state index in [4.69, 9.17) is 10.8 Å². The molecule has 0 aliphatic carbocycles. The Kier molecular flexibility index (Phi) is 19.1. The molecule has 2 rings (SSSR count). The minimum absolute atomic E-state index is 0.747. The minimum atomic E-state index is 0.747. The molecule has 0 bridgehead atoms. The van der Waals surface area contributed by atoms with Gasteiger partial charge in [-0.05, 0) is 69.4 Å². The first kappa shape index (κ1) is 32.1. The van der Waals surface area contributed by atoms with Crippen molar-refractivity contribution in [1.29, 1.82) is 0 Å². The summed E-state index contributed by atoms with van der Waals surface area (Å²) in [5.41, 5.74) is 15.1. The van der Waals surface area contributed by atoms with Crippen molar-refractivity contribution in [3.8, 4) is 0 Å². The fourth-order valence-electron chi connectivity index (χ4n) is 2.73. The molecule has 2 aromatic rings. The van der Waals surface area contributed by atoms with Crippen LogP contribution in [-0.2, 0) is 6.42 Å². The van der Waals surface area contributed by atoms with E-state index in [0.717, 1.165) is 42.6 Å². The van der Waals surface area contributed by atoms with Gasteiger partial charge in [0.05, 0.1) is 0 Å². The van der Waals surface area contributed by atoms with E-state index in [1.54, 1.807) is 6.08 Å². The number of allylic oxidation sites excluding steroid dienone is 4. The maximum Gasteiger partial charge on any atom is 0.0367 e. The summed E-state index contributed by atoms with van der Waals surface area (Å²) < 4.78 is 0. The molecule has 2 aromatic carbocycles. The van der Waals surface area contributed by atoms with Crippen LogP contribution in [0, 0.1) is 13.8 Å². The summed E-state index contributed by atoms with van der Waals surface area (Å²) in [5.74, 6) is 0. The zero-order valence-electron chi connectivity index (χ0n) is 22.1. The lowest BCUT2D eigenvalue weighted by Gasteiger charge is -2.12. The highest BCUT2D eigenvalue weighted by atomic mass is 16.2. The first-order valence-corrected chi connectivity index (χ1v) is 11.5. The second kappa shape index (κ2) is 19.6. The number of aliphatic hydroxyl groups is 1. The van der Waals surface area contributed by atoms with Crippen LogP contribution in [0.5, 0.6) is 0 Å². The average Bonchev–Trinajstić information content (AvgIpc) is 2.82. The smallest absolute Gasteiger partial charge is 0.0367 e. The van der Waals surface area contributed by atoms with E-state index in [2.05, 4.69) is 87.8 Å². The van der Waals surface area contributed by atoms with Gasteiger partial charge >= 0.3 is 0 Å². The highest BCUT2D eigenvalue weighted by Crippen LogP contribution is 2.18. The predicted octanol–water partition coefficient (Wildman–Crippen LogP) is 7.11. The number of aryl methyl sites for hydroxylation is 2. The van der Waals surface area contributed by atoms with Gasteiger partial charge in [-0.1, -0.05) is 86.2 Å². The van der Waals surface area contributed by atoms with Crippen LogP contribution >= 0.6 is 0 Å². The minimum Gasteiger partial charge on any atom is -0.400 e. The van der Waals surface area contributed by atoms with Crippen molar-refractivity contribution in [2.75, 3.05) is 13.7 Å². The van der Waals surface area contributed by atoms with Crippen LogP contribution < -0.4 is 11.1 Å². The number of hydrogen-bond acceptors (Lipinski definition) is 3. The Morgan fingerprint density at radius 2 is 1.55 bits per heavy atom. The Hall–Kier alpha value is -3.04. The molecule has 0 radical (unpaired) electrons. The van der Waals surface area contributed by atoms with E-state index < -0.39 is 0 Å². The third-order valence-electron chi connectivity index (χ3n) is 4.60. The Morgan fingerprint density at radius 3 is 2.06 bits per heavy atom. The zero-order valence-corrected chi connectivity index (χ0v) is 22.1.